The monoisotopic (exact) mass is 370 g/mol. The van der Waals surface area contributed by atoms with Crippen molar-refractivity contribution in [3.8, 4) is 0 Å². The van der Waals surface area contributed by atoms with E-state index in [0.717, 1.165) is 24.1 Å². The second-order valence-electron chi connectivity index (χ2n) is 7.19. The zero-order valence-corrected chi connectivity index (χ0v) is 14.8. The van der Waals surface area contributed by atoms with E-state index >= 15 is 0 Å². The number of fused-ring (bicyclic) bond motifs is 4. The summed E-state index contributed by atoms with van der Waals surface area (Å²) in [5, 5.41) is 0. The Balaban J connectivity index is 1.59. The van der Waals surface area contributed by atoms with Gasteiger partial charge in [-0.1, -0.05) is 36.4 Å². The van der Waals surface area contributed by atoms with Crippen LogP contribution in [0.1, 0.15) is 28.8 Å². The van der Waals surface area contributed by atoms with Crippen LogP contribution in [0.15, 0.2) is 48.5 Å². The number of piperidine rings is 1. The van der Waals surface area contributed by atoms with Gasteiger partial charge in [-0.05, 0) is 30.5 Å². The molecule has 0 radical (unpaired) electrons. The Labute approximate surface area is 156 Å². The van der Waals surface area contributed by atoms with Crippen LogP contribution in [-0.4, -0.2) is 40.7 Å². The van der Waals surface area contributed by atoms with Gasteiger partial charge in [0, 0.05) is 25.7 Å². The van der Waals surface area contributed by atoms with Gasteiger partial charge in [-0.3, -0.25) is 9.59 Å². The molecule has 2 amide bonds. The minimum Gasteiger partial charge on any atom is -0.336 e. The molecule has 5 rings (SSSR count). The lowest BCUT2D eigenvalue weighted by Crippen LogP contribution is -2.47. The lowest BCUT2D eigenvalue weighted by Gasteiger charge is -2.36. The standard InChI is InChI=1S/C21H20F2N2O2/c22-17-7-4-8-18(23)19(17)21(27)24-12-15-9-10-16(13-24)25(20(15)26)11-14-5-2-1-3-6-14/h1-8,15-16H,9-13H2. The maximum Gasteiger partial charge on any atom is 0.259 e. The van der Waals surface area contributed by atoms with Gasteiger partial charge in [-0.25, -0.2) is 8.78 Å². The SMILES string of the molecule is O=C(c1c(F)cccc1F)N1CC2CCC(C1)N(Cc1ccccc1)C2=O. The van der Waals surface area contributed by atoms with E-state index in [1.165, 1.54) is 11.0 Å². The van der Waals surface area contributed by atoms with E-state index in [4.69, 9.17) is 0 Å². The molecule has 0 N–H and O–H groups in total. The molecular weight excluding hydrogens is 350 g/mol. The van der Waals surface area contributed by atoms with Crippen molar-refractivity contribution in [2.75, 3.05) is 13.1 Å². The molecule has 3 fully saturated rings. The topological polar surface area (TPSA) is 40.6 Å². The van der Waals surface area contributed by atoms with Crippen molar-refractivity contribution >= 4 is 11.8 Å². The minimum absolute atomic E-state index is 0.0133. The van der Waals surface area contributed by atoms with Gasteiger partial charge in [-0.2, -0.15) is 0 Å². The summed E-state index contributed by atoms with van der Waals surface area (Å²) >= 11 is 0. The molecule has 2 unspecified atom stereocenters. The molecular formula is C21H20F2N2O2. The maximum absolute atomic E-state index is 14.0. The Morgan fingerprint density at radius 3 is 2.37 bits per heavy atom. The fourth-order valence-corrected chi connectivity index (χ4v) is 4.05. The van der Waals surface area contributed by atoms with Crippen molar-refractivity contribution in [2.24, 2.45) is 5.92 Å². The van der Waals surface area contributed by atoms with E-state index < -0.39 is 23.1 Å². The van der Waals surface area contributed by atoms with E-state index in [2.05, 4.69) is 0 Å². The average molecular weight is 370 g/mol. The van der Waals surface area contributed by atoms with Crippen molar-refractivity contribution in [2.45, 2.75) is 25.4 Å². The van der Waals surface area contributed by atoms with E-state index in [-0.39, 0.29) is 24.4 Å². The summed E-state index contributed by atoms with van der Waals surface area (Å²) in [5.74, 6) is -2.74. The summed E-state index contributed by atoms with van der Waals surface area (Å²) in [6.07, 6.45) is 1.48. The normalized spacial score (nSPS) is 22.1. The number of carbonyl (C=O) groups excluding carboxylic acids is 2. The highest BCUT2D eigenvalue weighted by Gasteiger charge is 2.42. The molecule has 0 aliphatic carbocycles. The summed E-state index contributed by atoms with van der Waals surface area (Å²) in [6.45, 7) is 0.978. The summed E-state index contributed by atoms with van der Waals surface area (Å²) in [6, 6.07) is 12.9. The van der Waals surface area contributed by atoms with Gasteiger partial charge in [-0.15, -0.1) is 0 Å². The Morgan fingerprint density at radius 1 is 0.963 bits per heavy atom. The molecule has 3 heterocycles. The van der Waals surface area contributed by atoms with Gasteiger partial charge >= 0.3 is 0 Å². The van der Waals surface area contributed by atoms with E-state index in [9.17, 15) is 18.4 Å². The highest BCUT2D eigenvalue weighted by atomic mass is 19.1. The largest absolute Gasteiger partial charge is 0.336 e. The first kappa shape index (κ1) is 17.6. The number of benzene rings is 2. The molecule has 2 bridgehead atoms. The van der Waals surface area contributed by atoms with Gasteiger partial charge in [0.2, 0.25) is 5.91 Å². The van der Waals surface area contributed by atoms with Gasteiger partial charge in [0.25, 0.3) is 5.91 Å². The third kappa shape index (κ3) is 3.31. The smallest absolute Gasteiger partial charge is 0.259 e. The molecule has 0 spiro atoms. The summed E-state index contributed by atoms with van der Waals surface area (Å²) in [7, 11) is 0. The predicted molar refractivity (Wildman–Crippen MR) is 95.8 cm³/mol. The number of halogens is 2. The number of hydrogen-bond donors (Lipinski definition) is 0. The summed E-state index contributed by atoms with van der Waals surface area (Å²) < 4.78 is 28.1. The second kappa shape index (κ2) is 7.10. The molecule has 4 nitrogen and oxygen atoms in total. The first-order chi connectivity index (χ1) is 13.0. The van der Waals surface area contributed by atoms with Crippen molar-refractivity contribution < 1.29 is 18.4 Å². The maximum atomic E-state index is 14.0. The molecule has 3 saturated heterocycles. The number of amides is 2. The molecule has 27 heavy (non-hydrogen) atoms. The molecule has 3 aliphatic heterocycles. The van der Waals surface area contributed by atoms with Crippen LogP contribution in [0.4, 0.5) is 8.78 Å². The quantitative estimate of drug-likeness (QED) is 0.832. The third-order valence-electron chi connectivity index (χ3n) is 5.45. The molecule has 2 aromatic carbocycles. The van der Waals surface area contributed by atoms with Crippen molar-refractivity contribution in [1.82, 2.24) is 9.80 Å². The van der Waals surface area contributed by atoms with E-state index in [1.807, 2.05) is 35.2 Å². The van der Waals surface area contributed by atoms with Crippen LogP contribution >= 0.6 is 0 Å². The molecule has 2 atom stereocenters. The average Bonchev–Trinajstić information content (AvgIpc) is 2.95. The number of carbonyl (C=O) groups is 2. The zero-order valence-electron chi connectivity index (χ0n) is 14.8. The van der Waals surface area contributed by atoms with Crippen LogP contribution in [0, 0.1) is 17.6 Å². The van der Waals surface area contributed by atoms with Crippen molar-refractivity contribution in [3.05, 3.63) is 71.3 Å². The van der Waals surface area contributed by atoms with Gasteiger partial charge < -0.3 is 9.80 Å². The number of nitrogens with zero attached hydrogens (tertiary/aromatic N) is 2. The van der Waals surface area contributed by atoms with Crippen LogP contribution in [-0.2, 0) is 11.3 Å². The third-order valence-corrected chi connectivity index (χ3v) is 5.45. The fraction of sp³-hybridized carbons (Fsp3) is 0.333. The first-order valence-corrected chi connectivity index (χ1v) is 9.12. The Morgan fingerprint density at radius 2 is 1.67 bits per heavy atom. The predicted octanol–water partition coefficient (Wildman–Crippen LogP) is 3.23. The lowest BCUT2D eigenvalue weighted by atomic mass is 9.93. The van der Waals surface area contributed by atoms with Crippen molar-refractivity contribution in [1.29, 1.82) is 0 Å². The van der Waals surface area contributed by atoms with E-state index in [0.29, 0.717) is 19.5 Å². The second-order valence-corrected chi connectivity index (χ2v) is 7.19. The number of rotatable bonds is 3. The van der Waals surface area contributed by atoms with Gasteiger partial charge in [0.05, 0.1) is 5.92 Å². The molecule has 140 valence electrons. The van der Waals surface area contributed by atoms with Crippen LogP contribution < -0.4 is 0 Å². The summed E-state index contributed by atoms with van der Waals surface area (Å²) in [4.78, 5) is 28.9. The fourth-order valence-electron chi connectivity index (χ4n) is 4.05. The molecule has 3 aliphatic rings. The molecule has 0 saturated carbocycles. The molecule has 0 aromatic heterocycles. The Kier molecular flexibility index (Phi) is 4.64. The molecule has 6 heteroatoms. The zero-order chi connectivity index (χ0) is 19.0. The van der Waals surface area contributed by atoms with Crippen LogP contribution in [0.25, 0.3) is 0 Å². The van der Waals surface area contributed by atoms with Crippen LogP contribution in [0.5, 0.6) is 0 Å². The Hall–Kier alpha value is -2.76. The van der Waals surface area contributed by atoms with Gasteiger partial charge in [0.1, 0.15) is 17.2 Å². The summed E-state index contributed by atoms with van der Waals surface area (Å²) in [5.41, 5.74) is 0.484. The highest BCUT2D eigenvalue weighted by molar-refractivity contribution is 5.95. The highest BCUT2D eigenvalue weighted by Crippen LogP contribution is 2.31. The molecule has 2 aromatic rings. The Bertz CT molecular complexity index is 851. The van der Waals surface area contributed by atoms with Crippen molar-refractivity contribution in [3.63, 3.8) is 0 Å². The lowest BCUT2D eigenvalue weighted by molar-refractivity contribution is -0.140. The van der Waals surface area contributed by atoms with E-state index in [1.54, 1.807) is 0 Å². The van der Waals surface area contributed by atoms with Crippen LogP contribution in [0.2, 0.25) is 0 Å². The van der Waals surface area contributed by atoms with Crippen LogP contribution in [0.3, 0.4) is 0 Å². The first-order valence-electron chi connectivity index (χ1n) is 9.12. The minimum atomic E-state index is -0.871. The number of hydrogen-bond acceptors (Lipinski definition) is 2. The van der Waals surface area contributed by atoms with Gasteiger partial charge in [0.15, 0.2) is 0 Å².